The van der Waals surface area contributed by atoms with Crippen LogP contribution >= 0.6 is 24.0 Å². The molecule has 5 nitrogen and oxygen atoms in total. The summed E-state index contributed by atoms with van der Waals surface area (Å²) in [6.45, 7) is 10.8. The lowest BCUT2D eigenvalue weighted by atomic mass is 9.65. The average Bonchev–Trinajstić information content (AvgIpc) is 2.55. The van der Waals surface area contributed by atoms with E-state index in [9.17, 15) is 4.79 Å². The Morgan fingerprint density at radius 3 is 2.32 bits per heavy atom. The molecule has 0 aliphatic carbocycles. The molecule has 25 heavy (non-hydrogen) atoms. The van der Waals surface area contributed by atoms with E-state index in [1.165, 1.54) is 5.56 Å². The van der Waals surface area contributed by atoms with Crippen LogP contribution in [-0.4, -0.2) is 49.0 Å². The largest absolute Gasteiger partial charge is 0.354 e. The highest BCUT2D eigenvalue weighted by molar-refractivity contribution is 14.0. The first-order valence-electron chi connectivity index (χ1n) is 8.57. The molecule has 1 fully saturated rings. The number of amides is 1. The lowest BCUT2D eigenvalue weighted by molar-refractivity contribution is -0.120. The van der Waals surface area contributed by atoms with Crippen molar-refractivity contribution >= 4 is 35.8 Å². The molecule has 0 atom stereocenters. The molecule has 140 valence electrons. The first-order valence-corrected chi connectivity index (χ1v) is 8.57. The zero-order valence-corrected chi connectivity index (χ0v) is 18.3. The number of nitrogens with one attached hydrogen (secondary N) is 2. The van der Waals surface area contributed by atoms with Crippen LogP contribution in [0.1, 0.15) is 33.3 Å². The maximum Gasteiger partial charge on any atom is 0.239 e. The maximum atomic E-state index is 12.0. The summed E-state index contributed by atoms with van der Waals surface area (Å²) in [6.07, 6.45) is 0.842. The molecule has 1 aromatic carbocycles. The lowest BCUT2D eigenvalue weighted by Gasteiger charge is -2.62. The van der Waals surface area contributed by atoms with Crippen LogP contribution in [-0.2, 0) is 11.2 Å². The Labute approximate surface area is 168 Å². The van der Waals surface area contributed by atoms with Gasteiger partial charge in [-0.3, -0.25) is 9.79 Å². The second-order valence-electron chi connectivity index (χ2n) is 7.52. The molecule has 1 aliphatic rings. The topological polar surface area (TPSA) is 56.7 Å². The molecule has 2 rings (SSSR count). The Balaban J connectivity index is 0.00000312. The van der Waals surface area contributed by atoms with Crippen LogP contribution in [0.15, 0.2) is 35.3 Å². The Hall–Kier alpha value is -1.31. The Kier molecular flexibility index (Phi) is 7.71. The van der Waals surface area contributed by atoms with Crippen LogP contribution in [0.3, 0.4) is 0 Å². The Morgan fingerprint density at radius 2 is 1.80 bits per heavy atom. The molecule has 0 radical (unpaired) electrons. The number of carbonyl (C=O) groups excluding carboxylic acids is 1. The van der Waals surface area contributed by atoms with Gasteiger partial charge in [0, 0.05) is 31.1 Å². The van der Waals surface area contributed by atoms with Gasteiger partial charge in [-0.1, -0.05) is 44.2 Å². The molecule has 1 amide bonds. The van der Waals surface area contributed by atoms with Crippen molar-refractivity contribution in [1.82, 2.24) is 15.5 Å². The third kappa shape index (κ3) is 5.09. The third-order valence-corrected chi connectivity index (χ3v) is 5.34. The number of hydrogen-bond donors (Lipinski definition) is 2. The maximum absolute atomic E-state index is 12.0. The van der Waals surface area contributed by atoms with Gasteiger partial charge in [-0.05, 0) is 25.8 Å². The summed E-state index contributed by atoms with van der Waals surface area (Å²) in [4.78, 5) is 18.6. The quantitative estimate of drug-likeness (QED) is 0.405. The van der Waals surface area contributed by atoms with Crippen molar-refractivity contribution in [2.24, 2.45) is 10.4 Å². The molecule has 1 heterocycles. The minimum atomic E-state index is -0.00956. The van der Waals surface area contributed by atoms with E-state index in [1.807, 2.05) is 18.2 Å². The van der Waals surface area contributed by atoms with Crippen molar-refractivity contribution in [3.05, 3.63) is 35.9 Å². The summed E-state index contributed by atoms with van der Waals surface area (Å²) in [5.41, 5.74) is 1.49. The highest BCUT2D eigenvalue weighted by Crippen LogP contribution is 2.46. The molecule has 0 unspecified atom stereocenters. The summed E-state index contributed by atoms with van der Waals surface area (Å²) in [5.74, 6) is 0.780. The highest BCUT2D eigenvalue weighted by Gasteiger charge is 2.53. The second kappa shape index (κ2) is 8.87. The predicted molar refractivity (Wildman–Crippen MR) is 114 cm³/mol. The number of halogens is 1. The molecule has 0 aromatic heterocycles. The van der Waals surface area contributed by atoms with Crippen LogP contribution in [0, 0.1) is 5.41 Å². The van der Waals surface area contributed by atoms with Gasteiger partial charge >= 0.3 is 0 Å². The van der Waals surface area contributed by atoms with E-state index in [1.54, 1.807) is 7.05 Å². The molecular formula is C19H31IN4O. The van der Waals surface area contributed by atoms with Crippen molar-refractivity contribution in [2.75, 3.05) is 26.7 Å². The summed E-state index contributed by atoms with van der Waals surface area (Å²) in [7, 11) is 1.76. The van der Waals surface area contributed by atoms with E-state index >= 15 is 0 Å². The molecular weight excluding hydrogens is 427 g/mol. The minimum Gasteiger partial charge on any atom is -0.354 e. The first kappa shape index (κ1) is 21.7. The summed E-state index contributed by atoms with van der Waals surface area (Å²) in [5, 5.41) is 6.12. The van der Waals surface area contributed by atoms with Gasteiger partial charge in [0.25, 0.3) is 0 Å². The van der Waals surface area contributed by atoms with Crippen LogP contribution in [0.5, 0.6) is 0 Å². The molecule has 0 saturated carbocycles. The predicted octanol–water partition coefficient (Wildman–Crippen LogP) is 2.66. The molecule has 0 bridgehead atoms. The van der Waals surface area contributed by atoms with E-state index in [0.717, 1.165) is 18.9 Å². The lowest BCUT2D eigenvalue weighted by Crippen LogP contribution is -2.72. The molecule has 1 aromatic rings. The van der Waals surface area contributed by atoms with E-state index in [-0.39, 0.29) is 47.4 Å². The van der Waals surface area contributed by atoms with Crippen molar-refractivity contribution in [3.63, 3.8) is 0 Å². The van der Waals surface area contributed by atoms with Gasteiger partial charge in [0.05, 0.1) is 6.54 Å². The zero-order chi connectivity index (χ0) is 17.8. The molecule has 1 aliphatic heterocycles. The van der Waals surface area contributed by atoms with Gasteiger partial charge < -0.3 is 15.5 Å². The smallest absolute Gasteiger partial charge is 0.239 e. The van der Waals surface area contributed by atoms with Gasteiger partial charge in [-0.25, -0.2) is 0 Å². The standard InChI is InChI=1S/C19H30N4O.HI/c1-18(2)14-23(19(18,3)4)17(20-5)22-13-16(24)21-12-11-15-9-7-6-8-10-15;/h6-10H,11-14H2,1-5H3,(H,20,22)(H,21,24);1H. The fourth-order valence-corrected chi connectivity index (χ4v) is 2.91. The summed E-state index contributed by atoms with van der Waals surface area (Å²) in [6, 6.07) is 10.2. The van der Waals surface area contributed by atoms with Gasteiger partial charge in [-0.15, -0.1) is 24.0 Å². The molecule has 6 heteroatoms. The van der Waals surface area contributed by atoms with E-state index in [4.69, 9.17) is 0 Å². The van der Waals surface area contributed by atoms with Crippen molar-refractivity contribution in [3.8, 4) is 0 Å². The van der Waals surface area contributed by atoms with Crippen molar-refractivity contribution < 1.29 is 4.79 Å². The van der Waals surface area contributed by atoms with Crippen LogP contribution < -0.4 is 10.6 Å². The number of likely N-dealkylation sites (tertiary alicyclic amines) is 1. The van der Waals surface area contributed by atoms with Crippen molar-refractivity contribution in [2.45, 2.75) is 39.7 Å². The molecule has 0 spiro atoms. The third-order valence-electron chi connectivity index (χ3n) is 5.34. The fraction of sp³-hybridized carbons (Fsp3) is 0.579. The SMILES string of the molecule is CN=C(NCC(=O)NCCc1ccccc1)N1CC(C)(C)C1(C)C.I. The number of nitrogens with zero attached hydrogens (tertiary/aromatic N) is 2. The number of carbonyl (C=O) groups is 1. The van der Waals surface area contributed by atoms with Gasteiger partial charge in [-0.2, -0.15) is 0 Å². The van der Waals surface area contributed by atoms with Crippen LogP contribution in [0.25, 0.3) is 0 Å². The number of aliphatic imine (C=N–C) groups is 1. The van der Waals surface area contributed by atoms with Gasteiger partial charge in [0.2, 0.25) is 5.91 Å². The number of guanidine groups is 1. The zero-order valence-electron chi connectivity index (χ0n) is 15.9. The normalized spacial score (nSPS) is 18.0. The number of benzene rings is 1. The minimum absolute atomic E-state index is 0. The monoisotopic (exact) mass is 458 g/mol. The number of rotatable bonds is 5. The van der Waals surface area contributed by atoms with E-state index in [0.29, 0.717) is 6.54 Å². The summed E-state index contributed by atoms with van der Waals surface area (Å²) >= 11 is 0. The van der Waals surface area contributed by atoms with Crippen LogP contribution in [0.2, 0.25) is 0 Å². The molecule has 1 saturated heterocycles. The first-order chi connectivity index (χ1) is 11.3. The highest BCUT2D eigenvalue weighted by atomic mass is 127. The average molecular weight is 458 g/mol. The fourth-order valence-electron chi connectivity index (χ4n) is 2.91. The second-order valence-corrected chi connectivity index (χ2v) is 7.52. The van der Waals surface area contributed by atoms with Crippen molar-refractivity contribution in [1.29, 1.82) is 0 Å². The van der Waals surface area contributed by atoms with E-state index < -0.39 is 0 Å². The van der Waals surface area contributed by atoms with Crippen LogP contribution in [0.4, 0.5) is 0 Å². The Bertz CT molecular complexity index is 599. The van der Waals surface area contributed by atoms with Gasteiger partial charge in [0.1, 0.15) is 0 Å². The number of hydrogen-bond acceptors (Lipinski definition) is 2. The van der Waals surface area contributed by atoms with E-state index in [2.05, 4.69) is 60.4 Å². The summed E-state index contributed by atoms with van der Waals surface area (Å²) < 4.78 is 0. The van der Waals surface area contributed by atoms with Gasteiger partial charge in [0.15, 0.2) is 5.96 Å². The Morgan fingerprint density at radius 1 is 1.16 bits per heavy atom. The molecule has 2 N–H and O–H groups in total.